The van der Waals surface area contributed by atoms with E-state index in [0.29, 0.717) is 12.0 Å². The van der Waals surface area contributed by atoms with Gasteiger partial charge in [0.05, 0.1) is 5.92 Å². The number of hydrogen-bond donors (Lipinski definition) is 1. The second-order valence-corrected chi connectivity index (χ2v) is 5.02. The Balaban J connectivity index is 2.38. The fourth-order valence-corrected chi connectivity index (χ4v) is 2.45. The molecule has 0 aliphatic heterocycles. The van der Waals surface area contributed by atoms with Crippen molar-refractivity contribution in [3.05, 3.63) is 70.5 Å². The zero-order chi connectivity index (χ0) is 14.7. The Bertz CT molecular complexity index is 614. The minimum absolute atomic E-state index is 0.372. The molecule has 0 spiro atoms. The molecule has 0 bridgehead atoms. The maximum atomic E-state index is 13.3. The molecule has 0 heterocycles. The second kappa shape index (κ2) is 5.87. The Kier molecular flexibility index (Phi) is 4.18. The Morgan fingerprint density at radius 1 is 1.15 bits per heavy atom. The molecule has 3 heteroatoms. The maximum absolute atomic E-state index is 13.3. The molecule has 1 atom stereocenters. The number of carboxylic acids is 1. The van der Waals surface area contributed by atoms with Crippen LogP contribution in [0.15, 0.2) is 42.5 Å². The SMILES string of the molecule is Cc1cccc(C)c1CC(C(=O)O)c1cccc(F)c1. The average Bonchev–Trinajstić information content (AvgIpc) is 2.38. The Labute approximate surface area is 117 Å². The molecule has 104 valence electrons. The van der Waals surface area contributed by atoms with Gasteiger partial charge in [-0.1, -0.05) is 30.3 Å². The van der Waals surface area contributed by atoms with Crippen LogP contribution >= 0.6 is 0 Å². The summed E-state index contributed by atoms with van der Waals surface area (Å²) in [6.07, 6.45) is 0.372. The Morgan fingerprint density at radius 3 is 2.30 bits per heavy atom. The minimum atomic E-state index is -0.932. The fraction of sp³-hybridized carbons (Fsp3) is 0.235. The number of rotatable bonds is 4. The van der Waals surface area contributed by atoms with Crippen LogP contribution in [0.25, 0.3) is 0 Å². The summed E-state index contributed by atoms with van der Waals surface area (Å²) in [5.74, 6) is -2.07. The topological polar surface area (TPSA) is 37.3 Å². The number of carboxylic acid groups (broad SMARTS) is 1. The standard InChI is InChI=1S/C17H17FO2/c1-11-5-3-6-12(2)15(11)10-16(17(19)20)13-7-4-8-14(18)9-13/h3-9,16H,10H2,1-2H3,(H,19,20). The smallest absolute Gasteiger partial charge is 0.311 e. The first-order valence-corrected chi connectivity index (χ1v) is 6.52. The van der Waals surface area contributed by atoms with E-state index >= 15 is 0 Å². The van der Waals surface area contributed by atoms with Gasteiger partial charge in [0, 0.05) is 0 Å². The molecule has 1 N–H and O–H groups in total. The predicted octanol–water partition coefficient (Wildman–Crippen LogP) is 3.85. The highest BCUT2D eigenvalue weighted by molar-refractivity contribution is 5.76. The molecule has 0 aromatic heterocycles. The van der Waals surface area contributed by atoms with Crippen molar-refractivity contribution in [3.63, 3.8) is 0 Å². The molecule has 0 amide bonds. The fourth-order valence-electron chi connectivity index (χ4n) is 2.45. The summed E-state index contributed by atoms with van der Waals surface area (Å²) in [5.41, 5.74) is 3.64. The van der Waals surface area contributed by atoms with Gasteiger partial charge in [0.25, 0.3) is 0 Å². The van der Waals surface area contributed by atoms with Crippen molar-refractivity contribution in [1.29, 1.82) is 0 Å². The quantitative estimate of drug-likeness (QED) is 0.917. The number of hydrogen-bond acceptors (Lipinski definition) is 1. The summed E-state index contributed by atoms with van der Waals surface area (Å²) in [4.78, 5) is 11.5. The summed E-state index contributed by atoms with van der Waals surface area (Å²) in [7, 11) is 0. The van der Waals surface area contributed by atoms with Gasteiger partial charge in [-0.25, -0.2) is 4.39 Å². The van der Waals surface area contributed by atoms with Gasteiger partial charge in [-0.15, -0.1) is 0 Å². The van der Waals surface area contributed by atoms with Crippen LogP contribution in [0.4, 0.5) is 4.39 Å². The third kappa shape index (κ3) is 3.05. The van der Waals surface area contributed by atoms with E-state index in [1.807, 2.05) is 32.0 Å². The Hall–Kier alpha value is -2.16. The summed E-state index contributed by atoms with van der Waals surface area (Å²) in [6, 6.07) is 11.7. The number of benzene rings is 2. The third-order valence-electron chi connectivity index (χ3n) is 3.60. The van der Waals surface area contributed by atoms with Crippen molar-refractivity contribution in [2.75, 3.05) is 0 Å². The van der Waals surface area contributed by atoms with Gasteiger partial charge in [0.1, 0.15) is 5.82 Å². The molecule has 0 aliphatic carbocycles. The van der Waals surface area contributed by atoms with Crippen LogP contribution in [0.5, 0.6) is 0 Å². The van der Waals surface area contributed by atoms with Gasteiger partial charge in [0.2, 0.25) is 0 Å². The Morgan fingerprint density at radius 2 is 1.75 bits per heavy atom. The molecule has 2 aromatic rings. The van der Waals surface area contributed by atoms with E-state index in [1.54, 1.807) is 12.1 Å². The van der Waals surface area contributed by atoms with Crippen LogP contribution in [0, 0.1) is 19.7 Å². The molecule has 20 heavy (non-hydrogen) atoms. The van der Waals surface area contributed by atoms with Gasteiger partial charge in [-0.2, -0.15) is 0 Å². The van der Waals surface area contributed by atoms with Crippen LogP contribution in [-0.4, -0.2) is 11.1 Å². The van der Waals surface area contributed by atoms with Gasteiger partial charge in [-0.3, -0.25) is 4.79 Å². The van der Waals surface area contributed by atoms with E-state index in [-0.39, 0.29) is 0 Å². The molecule has 0 aliphatic rings. The first-order chi connectivity index (χ1) is 9.49. The van der Waals surface area contributed by atoms with Crippen molar-refractivity contribution in [2.45, 2.75) is 26.2 Å². The lowest BCUT2D eigenvalue weighted by molar-refractivity contribution is -0.138. The first kappa shape index (κ1) is 14.3. The molecule has 2 nitrogen and oxygen atoms in total. The minimum Gasteiger partial charge on any atom is -0.481 e. The molecule has 0 saturated carbocycles. The monoisotopic (exact) mass is 272 g/mol. The van der Waals surface area contributed by atoms with Gasteiger partial charge >= 0.3 is 5.97 Å². The molecule has 0 radical (unpaired) electrons. The highest BCUT2D eigenvalue weighted by atomic mass is 19.1. The van der Waals surface area contributed by atoms with Crippen molar-refractivity contribution >= 4 is 5.97 Å². The number of aliphatic carboxylic acids is 1. The van der Waals surface area contributed by atoms with Gasteiger partial charge in [-0.05, 0) is 54.7 Å². The number of aryl methyl sites for hydroxylation is 2. The van der Waals surface area contributed by atoms with E-state index in [4.69, 9.17) is 0 Å². The van der Waals surface area contributed by atoms with Crippen LogP contribution in [-0.2, 0) is 11.2 Å². The number of carbonyl (C=O) groups is 1. The van der Waals surface area contributed by atoms with Crippen LogP contribution in [0.3, 0.4) is 0 Å². The average molecular weight is 272 g/mol. The number of halogens is 1. The zero-order valence-corrected chi connectivity index (χ0v) is 11.6. The third-order valence-corrected chi connectivity index (χ3v) is 3.60. The summed E-state index contributed by atoms with van der Waals surface area (Å²) < 4.78 is 13.3. The van der Waals surface area contributed by atoms with Crippen LogP contribution in [0.1, 0.15) is 28.2 Å². The lowest BCUT2D eigenvalue weighted by Gasteiger charge is -2.16. The molecular formula is C17H17FO2. The van der Waals surface area contributed by atoms with Crippen molar-refractivity contribution < 1.29 is 14.3 Å². The van der Waals surface area contributed by atoms with E-state index in [2.05, 4.69) is 0 Å². The van der Waals surface area contributed by atoms with Crippen molar-refractivity contribution in [2.24, 2.45) is 0 Å². The summed E-state index contributed by atoms with van der Waals surface area (Å²) >= 11 is 0. The second-order valence-electron chi connectivity index (χ2n) is 5.02. The van der Waals surface area contributed by atoms with Crippen molar-refractivity contribution in [1.82, 2.24) is 0 Å². The highest BCUT2D eigenvalue weighted by Crippen LogP contribution is 2.25. The van der Waals surface area contributed by atoms with Crippen LogP contribution < -0.4 is 0 Å². The molecule has 2 rings (SSSR count). The van der Waals surface area contributed by atoms with E-state index in [0.717, 1.165) is 16.7 Å². The van der Waals surface area contributed by atoms with E-state index < -0.39 is 17.7 Å². The van der Waals surface area contributed by atoms with Crippen LogP contribution in [0.2, 0.25) is 0 Å². The molecule has 2 aromatic carbocycles. The maximum Gasteiger partial charge on any atom is 0.311 e. The highest BCUT2D eigenvalue weighted by Gasteiger charge is 2.22. The summed E-state index contributed by atoms with van der Waals surface area (Å²) in [5, 5.41) is 9.44. The normalized spacial score (nSPS) is 12.2. The molecule has 0 saturated heterocycles. The van der Waals surface area contributed by atoms with Gasteiger partial charge < -0.3 is 5.11 Å². The lowest BCUT2D eigenvalue weighted by Crippen LogP contribution is -2.16. The molecule has 1 unspecified atom stereocenters. The largest absolute Gasteiger partial charge is 0.481 e. The van der Waals surface area contributed by atoms with E-state index in [9.17, 15) is 14.3 Å². The summed E-state index contributed by atoms with van der Waals surface area (Å²) in [6.45, 7) is 3.93. The predicted molar refractivity (Wildman–Crippen MR) is 76.4 cm³/mol. The molecular weight excluding hydrogens is 255 g/mol. The first-order valence-electron chi connectivity index (χ1n) is 6.52. The van der Waals surface area contributed by atoms with Crippen molar-refractivity contribution in [3.8, 4) is 0 Å². The molecule has 0 fully saturated rings. The zero-order valence-electron chi connectivity index (χ0n) is 11.6. The lowest BCUT2D eigenvalue weighted by atomic mass is 9.88. The van der Waals surface area contributed by atoms with E-state index in [1.165, 1.54) is 12.1 Å². The van der Waals surface area contributed by atoms with Gasteiger partial charge in [0.15, 0.2) is 0 Å².